The highest BCUT2D eigenvalue weighted by Crippen LogP contribution is 2.24. The zero-order chi connectivity index (χ0) is 22.7. The molecule has 1 aliphatic carbocycles. The molecule has 0 aliphatic heterocycles. The monoisotopic (exact) mass is 458 g/mol. The van der Waals surface area contributed by atoms with Crippen molar-refractivity contribution < 1.29 is 23.1 Å². The smallest absolute Gasteiger partial charge is 0.287 e. The third kappa shape index (κ3) is 5.40. The van der Waals surface area contributed by atoms with Gasteiger partial charge >= 0.3 is 0 Å². The molecule has 0 bridgehead atoms. The number of halogens is 2. The van der Waals surface area contributed by atoms with Crippen LogP contribution in [0.4, 0.5) is 4.39 Å². The predicted molar refractivity (Wildman–Crippen MR) is 120 cm³/mol. The molecule has 0 spiro atoms. The van der Waals surface area contributed by atoms with Gasteiger partial charge in [0.2, 0.25) is 0 Å². The Morgan fingerprint density at radius 1 is 1.06 bits per heavy atom. The van der Waals surface area contributed by atoms with Crippen molar-refractivity contribution in [3.63, 3.8) is 0 Å². The third-order valence-electron chi connectivity index (χ3n) is 5.64. The number of nitrogens with one attached hydrogen (secondary N) is 2. The number of hydrogen-bond donors (Lipinski definition) is 2. The van der Waals surface area contributed by atoms with Crippen LogP contribution in [0.2, 0.25) is 5.02 Å². The van der Waals surface area contributed by atoms with E-state index in [1.807, 2.05) is 0 Å². The maximum absolute atomic E-state index is 13.6. The number of amides is 2. The van der Waals surface area contributed by atoms with Gasteiger partial charge in [0.1, 0.15) is 17.1 Å². The van der Waals surface area contributed by atoms with Crippen LogP contribution in [0.15, 0.2) is 46.9 Å². The first-order valence-electron chi connectivity index (χ1n) is 10.6. The summed E-state index contributed by atoms with van der Waals surface area (Å²) in [6.45, 7) is 1.49. The molecule has 1 aliphatic rings. The van der Waals surface area contributed by atoms with Gasteiger partial charge in [0, 0.05) is 28.6 Å². The van der Waals surface area contributed by atoms with Crippen LogP contribution in [-0.4, -0.2) is 30.5 Å². The van der Waals surface area contributed by atoms with Crippen LogP contribution in [0.25, 0.3) is 11.0 Å². The number of ether oxygens (including phenoxy) is 1. The number of hydrogen-bond acceptors (Lipinski definition) is 4. The van der Waals surface area contributed by atoms with Crippen molar-refractivity contribution >= 4 is 34.4 Å². The standard InChI is InChI=1S/C24H24ClFN2O4/c1-14-2-8-19(12-20(14)26)31-13-23(29)27-17-4-6-18(7-5-17)28-24(30)22-11-15-10-16(25)3-9-21(15)32-22/h2-3,8-12,17-18H,4-7,13H2,1H3,(H,27,29)(H,28,30). The van der Waals surface area contributed by atoms with Gasteiger partial charge in [-0.3, -0.25) is 9.59 Å². The second-order valence-electron chi connectivity index (χ2n) is 8.08. The quantitative estimate of drug-likeness (QED) is 0.557. The molecule has 0 saturated heterocycles. The van der Waals surface area contributed by atoms with E-state index in [2.05, 4.69) is 10.6 Å². The summed E-state index contributed by atoms with van der Waals surface area (Å²) in [4.78, 5) is 24.7. The molecule has 4 rings (SSSR count). The summed E-state index contributed by atoms with van der Waals surface area (Å²) in [5.74, 6) is -0.303. The molecule has 1 heterocycles. The Bertz CT molecular complexity index is 1140. The number of rotatable bonds is 6. The maximum Gasteiger partial charge on any atom is 0.287 e. The number of fused-ring (bicyclic) bond motifs is 1. The van der Waals surface area contributed by atoms with Gasteiger partial charge in [-0.05, 0) is 68.5 Å². The summed E-state index contributed by atoms with van der Waals surface area (Å²) in [5, 5.41) is 7.31. The van der Waals surface area contributed by atoms with E-state index in [1.165, 1.54) is 6.07 Å². The molecule has 0 unspecified atom stereocenters. The number of carbonyl (C=O) groups excluding carboxylic acids is 2. The van der Waals surface area contributed by atoms with E-state index in [1.54, 1.807) is 43.3 Å². The zero-order valence-electron chi connectivity index (χ0n) is 17.6. The second kappa shape index (κ2) is 9.61. The highest BCUT2D eigenvalue weighted by atomic mass is 35.5. The van der Waals surface area contributed by atoms with Gasteiger partial charge in [0.25, 0.3) is 11.8 Å². The van der Waals surface area contributed by atoms with Crippen molar-refractivity contribution in [2.45, 2.75) is 44.7 Å². The van der Waals surface area contributed by atoms with Crippen LogP contribution in [0.3, 0.4) is 0 Å². The van der Waals surface area contributed by atoms with Crippen molar-refractivity contribution in [3.8, 4) is 5.75 Å². The third-order valence-corrected chi connectivity index (χ3v) is 5.88. The average molecular weight is 459 g/mol. The molecule has 8 heteroatoms. The van der Waals surface area contributed by atoms with Crippen LogP contribution in [0.1, 0.15) is 41.8 Å². The fourth-order valence-electron chi connectivity index (χ4n) is 3.85. The molecule has 32 heavy (non-hydrogen) atoms. The molecule has 1 aromatic heterocycles. The lowest BCUT2D eigenvalue weighted by Gasteiger charge is -2.29. The van der Waals surface area contributed by atoms with Crippen molar-refractivity contribution in [3.05, 3.63) is 64.6 Å². The van der Waals surface area contributed by atoms with Crippen LogP contribution in [0, 0.1) is 12.7 Å². The number of aryl methyl sites for hydroxylation is 1. The van der Waals surface area contributed by atoms with Gasteiger partial charge in [-0.1, -0.05) is 17.7 Å². The van der Waals surface area contributed by atoms with Crippen molar-refractivity contribution in [2.75, 3.05) is 6.61 Å². The van der Waals surface area contributed by atoms with Crippen molar-refractivity contribution in [2.24, 2.45) is 0 Å². The van der Waals surface area contributed by atoms with Gasteiger partial charge in [0.15, 0.2) is 12.4 Å². The summed E-state index contributed by atoms with van der Waals surface area (Å²) in [5.41, 5.74) is 1.14. The molecule has 2 N–H and O–H groups in total. The van der Waals surface area contributed by atoms with Crippen molar-refractivity contribution in [1.29, 1.82) is 0 Å². The Morgan fingerprint density at radius 3 is 2.50 bits per heavy atom. The molecule has 0 atom stereocenters. The molecule has 1 saturated carbocycles. The second-order valence-corrected chi connectivity index (χ2v) is 8.52. The number of carbonyl (C=O) groups is 2. The summed E-state index contributed by atoms with van der Waals surface area (Å²) in [6, 6.07) is 11.4. The Balaban J connectivity index is 1.21. The summed E-state index contributed by atoms with van der Waals surface area (Å²) < 4.78 is 24.5. The molecular formula is C24H24ClFN2O4. The first kappa shape index (κ1) is 22.1. The Labute approximate surface area is 190 Å². The molecule has 2 amide bonds. The van der Waals surface area contributed by atoms with E-state index >= 15 is 0 Å². The van der Waals surface area contributed by atoms with Gasteiger partial charge < -0.3 is 19.8 Å². The lowest BCUT2D eigenvalue weighted by molar-refractivity contribution is -0.124. The fourth-order valence-corrected chi connectivity index (χ4v) is 4.03. The minimum atomic E-state index is -0.366. The molecule has 1 fully saturated rings. The van der Waals surface area contributed by atoms with Crippen LogP contribution in [-0.2, 0) is 4.79 Å². The van der Waals surface area contributed by atoms with E-state index in [0.29, 0.717) is 21.9 Å². The minimum absolute atomic E-state index is 0.0132. The van der Waals surface area contributed by atoms with E-state index in [9.17, 15) is 14.0 Å². The summed E-state index contributed by atoms with van der Waals surface area (Å²) >= 11 is 5.98. The topological polar surface area (TPSA) is 80.6 Å². The normalized spacial score (nSPS) is 18.3. The largest absolute Gasteiger partial charge is 0.484 e. The summed E-state index contributed by atoms with van der Waals surface area (Å²) in [6.07, 6.45) is 2.97. The number of furan rings is 1. The highest BCUT2D eigenvalue weighted by molar-refractivity contribution is 6.31. The van der Waals surface area contributed by atoms with Gasteiger partial charge in [0.05, 0.1) is 0 Å². The first-order valence-corrected chi connectivity index (χ1v) is 10.9. The Kier molecular flexibility index (Phi) is 6.65. The van der Waals surface area contributed by atoms with Gasteiger partial charge in [-0.15, -0.1) is 0 Å². The first-order chi connectivity index (χ1) is 15.4. The van der Waals surface area contributed by atoms with Crippen LogP contribution in [0.5, 0.6) is 5.75 Å². The minimum Gasteiger partial charge on any atom is -0.484 e. The van der Waals surface area contributed by atoms with E-state index in [-0.39, 0.29) is 42.1 Å². The summed E-state index contributed by atoms with van der Waals surface area (Å²) in [7, 11) is 0. The highest BCUT2D eigenvalue weighted by Gasteiger charge is 2.25. The number of benzene rings is 2. The van der Waals surface area contributed by atoms with Gasteiger partial charge in [-0.2, -0.15) is 0 Å². The Morgan fingerprint density at radius 2 is 1.78 bits per heavy atom. The molecule has 2 aromatic carbocycles. The maximum atomic E-state index is 13.6. The van der Waals surface area contributed by atoms with Crippen molar-refractivity contribution in [1.82, 2.24) is 10.6 Å². The predicted octanol–water partition coefficient (Wildman–Crippen LogP) is 4.77. The van der Waals surface area contributed by atoms with Crippen LogP contribution < -0.4 is 15.4 Å². The average Bonchev–Trinajstić information content (AvgIpc) is 3.19. The van der Waals surface area contributed by atoms with E-state index in [4.69, 9.17) is 20.8 Å². The van der Waals surface area contributed by atoms with Crippen LogP contribution >= 0.6 is 11.6 Å². The van der Waals surface area contributed by atoms with E-state index in [0.717, 1.165) is 31.1 Å². The lowest BCUT2D eigenvalue weighted by Crippen LogP contribution is -2.44. The molecule has 3 aromatic rings. The fraction of sp³-hybridized carbons (Fsp3) is 0.333. The molecular weight excluding hydrogens is 435 g/mol. The van der Waals surface area contributed by atoms with E-state index < -0.39 is 0 Å². The Hall–Kier alpha value is -3.06. The molecule has 168 valence electrons. The lowest BCUT2D eigenvalue weighted by atomic mass is 9.91. The SMILES string of the molecule is Cc1ccc(OCC(=O)NC2CCC(NC(=O)c3cc4cc(Cl)ccc4o3)CC2)cc1F. The van der Waals surface area contributed by atoms with Gasteiger partial charge in [-0.25, -0.2) is 4.39 Å². The zero-order valence-corrected chi connectivity index (χ0v) is 18.4. The molecule has 0 radical (unpaired) electrons. The molecule has 6 nitrogen and oxygen atoms in total.